The van der Waals surface area contributed by atoms with Crippen molar-refractivity contribution < 1.29 is 23.7 Å². The molecule has 4 N–H and O–H groups in total. The van der Waals surface area contributed by atoms with E-state index in [1.807, 2.05) is 0 Å². The zero-order chi connectivity index (χ0) is 14.4. The molecule has 1 aliphatic heterocycles. The fourth-order valence-corrected chi connectivity index (χ4v) is 2.33. The molecule has 108 valence electrons. The van der Waals surface area contributed by atoms with Gasteiger partial charge in [0.05, 0.1) is 12.0 Å². The number of nitrogens with two attached hydrogens (primary N) is 1. The third kappa shape index (κ3) is 1.74. The lowest BCUT2D eigenvalue weighted by Crippen LogP contribution is -2.30. The molecule has 20 heavy (non-hydrogen) atoms. The minimum atomic E-state index is -1.82. The number of anilines is 1. The Bertz CT molecular complexity index is 650. The van der Waals surface area contributed by atoms with E-state index < -0.39 is 37.0 Å². The van der Waals surface area contributed by atoms with E-state index in [0.717, 1.165) is 17.1 Å². The van der Waals surface area contributed by atoms with Crippen LogP contribution in [0.1, 0.15) is 6.23 Å². The van der Waals surface area contributed by atoms with Crippen LogP contribution in [0.15, 0.2) is 12.5 Å². The van der Waals surface area contributed by atoms with Crippen molar-refractivity contribution in [3.63, 3.8) is 0 Å². The van der Waals surface area contributed by atoms with Crippen LogP contribution in [0.2, 0.25) is 0 Å². The van der Waals surface area contributed by atoms with Crippen molar-refractivity contribution in [3.8, 4) is 0 Å². The molecule has 0 amide bonds. The number of halogens is 2. The minimum Gasteiger partial charge on any atom is -0.394 e. The Hall–Kier alpha value is -1.84. The molecule has 3 rings (SSSR count). The molecule has 9 heteroatoms. The Morgan fingerprint density at radius 1 is 1.45 bits per heavy atom. The number of rotatable bonds is 2. The van der Waals surface area contributed by atoms with Crippen LogP contribution in [0.4, 0.5) is 14.6 Å². The van der Waals surface area contributed by atoms with Gasteiger partial charge in [0.2, 0.25) is 0 Å². The van der Waals surface area contributed by atoms with Crippen LogP contribution in [0.5, 0.6) is 0 Å². The van der Waals surface area contributed by atoms with Gasteiger partial charge in [-0.3, -0.25) is 4.57 Å². The molecule has 2 aromatic heterocycles. The molecule has 0 bridgehead atoms. The highest BCUT2D eigenvalue weighted by molar-refractivity contribution is 5.86. The lowest BCUT2D eigenvalue weighted by atomic mass is 10.1. The van der Waals surface area contributed by atoms with Crippen LogP contribution in [0.3, 0.4) is 0 Å². The summed E-state index contributed by atoms with van der Waals surface area (Å²) in [4.78, 5) is 7.52. The second kappa shape index (κ2) is 4.62. The number of hydrogen-bond donors (Lipinski definition) is 3. The van der Waals surface area contributed by atoms with Crippen LogP contribution in [0, 0.1) is 5.82 Å². The molecule has 0 saturated carbocycles. The van der Waals surface area contributed by atoms with Crippen LogP contribution in [0.25, 0.3) is 11.0 Å². The fourth-order valence-electron chi connectivity index (χ4n) is 2.33. The van der Waals surface area contributed by atoms with Gasteiger partial charge in [0, 0.05) is 6.20 Å². The van der Waals surface area contributed by atoms with Crippen molar-refractivity contribution >= 4 is 16.9 Å². The fraction of sp³-hybridized carbons (Fsp3) is 0.455. The highest BCUT2D eigenvalue weighted by atomic mass is 19.1. The summed E-state index contributed by atoms with van der Waals surface area (Å²) in [6, 6.07) is 0. The topological polar surface area (TPSA) is 106 Å². The molecular formula is C11H12F2N4O3. The number of alkyl halides is 1. The van der Waals surface area contributed by atoms with Gasteiger partial charge in [-0.1, -0.05) is 0 Å². The standard InChI is InChI=1S/C11H12F2N4O3/c12-4-1-17(10-6(4)9(14)15-3-16-10)11-7(13)8(19)5(2-18)20-11/h1,3,5,7-8,11,18-19H,2H2,(H2,14,15,16)/t5-,7+,8+,11-/m1/s1. The lowest BCUT2D eigenvalue weighted by molar-refractivity contribution is -0.0459. The average molecular weight is 286 g/mol. The van der Waals surface area contributed by atoms with Crippen molar-refractivity contribution in [1.29, 1.82) is 0 Å². The Morgan fingerprint density at radius 3 is 2.85 bits per heavy atom. The van der Waals surface area contributed by atoms with Gasteiger partial charge in [0.15, 0.2) is 23.9 Å². The van der Waals surface area contributed by atoms with Gasteiger partial charge < -0.3 is 20.7 Å². The van der Waals surface area contributed by atoms with E-state index in [9.17, 15) is 13.9 Å². The number of hydrogen-bond acceptors (Lipinski definition) is 6. The van der Waals surface area contributed by atoms with Gasteiger partial charge in [0.25, 0.3) is 0 Å². The predicted octanol–water partition coefficient (Wildman–Crippen LogP) is -0.259. The minimum absolute atomic E-state index is 0.0368. The van der Waals surface area contributed by atoms with Gasteiger partial charge in [-0.2, -0.15) is 0 Å². The number of fused-ring (bicyclic) bond motifs is 1. The van der Waals surface area contributed by atoms with Gasteiger partial charge in [-0.15, -0.1) is 0 Å². The van der Waals surface area contributed by atoms with E-state index in [-0.39, 0.29) is 16.9 Å². The zero-order valence-corrected chi connectivity index (χ0v) is 10.1. The summed E-state index contributed by atoms with van der Waals surface area (Å²) in [7, 11) is 0. The number of nitrogens with zero attached hydrogens (tertiary/aromatic N) is 3. The Balaban J connectivity index is 2.10. The van der Waals surface area contributed by atoms with Gasteiger partial charge in [-0.25, -0.2) is 18.7 Å². The maximum atomic E-state index is 14.0. The monoisotopic (exact) mass is 286 g/mol. The van der Waals surface area contributed by atoms with Gasteiger partial charge in [-0.05, 0) is 0 Å². The van der Waals surface area contributed by atoms with E-state index in [1.54, 1.807) is 0 Å². The van der Waals surface area contributed by atoms with E-state index >= 15 is 0 Å². The molecule has 0 unspecified atom stereocenters. The molecule has 0 spiro atoms. The van der Waals surface area contributed by atoms with Crippen molar-refractivity contribution in [2.24, 2.45) is 0 Å². The average Bonchev–Trinajstić information content (AvgIpc) is 2.90. The first-order chi connectivity index (χ1) is 9.54. The Labute approximate surface area is 111 Å². The molecule has 2 aromatic rings. The quantitative estimate of drug-likeness (QED) is 0.702. The summed E-state index contributed by atoms with van der Waals surface area (Å²) in [5, 5.41) is 18.6. The highest BCUT2D eigenvalue weighted by Gasteiger charge is 2.45. The Kier molecular flexibility index (Phi) is 3.04. The molecule has 3 heterocycles. The summed E-state index contributed by atoms with van der Waals surface area (Å²) in [5.41, 5.74) is 5.62. The van der Waals surface area contributed by atoms with Crippen molar-refractivity contribution in [2.75, 3.05) is 12.3 Å². The van der Waals surface area contributed by atoms with Crippen LogP contribution in [-0.4, -0.2) is 49.7 Å². The predicted molar refractivity (Wildman–Crippen MR) is 63.8 cm³/mol. The number of ether oxygens (including phenoxy) is 1. The summed E-state index contributed by atoms with van der Waals surface area (Å²) in [6.45, 7) is -0.545. The number of nitrogen functional groups attached to an aromatic ring is 1. The molecule has 0 aromatic carbocycles. The molecule has 1 aliphatic rings. The van der Waals surface area contributed by atoms with Crippen LogP contribution >= 0.6 is 0 Å². The van der Waals surface area contributed by atoms with E-state index in [2.05, 4.69) is 9.97 Å². The van der Waals surface area contributed by atoms with Crippen LogP contribution < -0.4 is 5.73 Å². The normalized spacial score (nSPS) is 30.2. The molecule has 7 nitrogen and oxygen atoms in total. The summed E-state index contributed by atoms with van der Waals surface area (Å²) in [6.07, 6.45) is -3.57. The highest BCUT2D eigenvalue weighted by Crippen LogP contribution is 2.35. The zero-order valence-electron chi connectivity index (χ0n) is 10.1. The third-order valence-corrected chi connectivity index (χ3v) is 3.34. The van der Waals surface area contributed by atoms with E-state index in [4.69, 9.17) is 15.6 Å². The third-order valence-electron chi connectivity index (χ3n) is 3.34. The Morgan fingerprint density at radius 2 is 2.20 bits per heavy atom. The first-order valence-electron chi connectivity index (χ1n) is 5.89. The number of aromatic nitrogens is 3. The largest absolute Gasteiger partial charge is 0.394 e. The smallest absolute Gasteiger partial charge is 0.173 e. The van der Waals surface area contributed by atoms with E-state index in [0.29, 0.717) is 0 Å². The molecule has 1 saturated heterocycles. The first-order valence-corrected chi connectivity index (χ1v) is 5.89. The lowest BCUT2D eigenvalue weighted by Gasteiger charge is -2.15. The number of aliphatic hydroxyl groups excluding tert-OH is 2. The van der Waals surface area contributed by atoms with E-state index in [1.165, 1.54) is 0 Å². The molecule has 1 fully saturated rings. The van der Waals surface area contributed by atoms with Crippen molar-refractivity contribution in [3.05, 3.63) is 18.3 Å². The molecular weight excluding hydrogens is 274 g/mol. The number of aliphatic hydroxyl groups is 2. The summed E-state index contributed by atoms with van der Waals surface area (Å²) < 4.78 is 34.2. The molecule has 0 radical (unpaired) electrons. The molecule has 0 aliphatic carbocycles. The summed E-state index contributed by atoms with van der Waals surface area (Å²) >= 11 is 0. The maximum absolute atomic E-state index is 14.0. The SMILES string of the molecule is Nc1ncnc2c1c(F)cn2[C@@H]1O[C@H](CO)[C@H](O)[C@@H]1F. The van der Waals surface area contributed by atoms with Gasteiger partial charge in [0.1, 0.15) is 24.4 Å². The summed E-state index contributed by atoms with van der Waals surface area (Å²) in [5.74, 6) is -0.783. The molecule has 4 atom stereocenters. The first kappa shape index (κ1) is 13.2. The van der Waals surface area contributed by atoms with Crippen LogP contribution in [-0.2, 0) is 4.74 Å². The second-order valence-corrected chi connectivity index (χ2v) is 4.52. The van der Waals surface area contributed by atoms with Crippen molar-refractivity contribution in [1.82, 2.24) is 14.5 Å². The van der Waals surface area contributed by atoms with Gasteiger partial charge >= 0.3 is 0 Å². The maximum Gasteiger partial charge on any atom is 0.173 e. The second-order valence-electron chi connectivity index (χ2n) is 4.52. The van der Waals surface area contributed by atoms with Crippen molar-refractivity contribution in [2.45, 2.75) is 24.6 Å².